The molecule has 0 bridgehead atoms. The minimum atomic E-state index is 0.627. The summed E-state index contributed by atoms with van der Waals surface area (Å²) in [5.41, 5.74) is 4.13. The molecule has 0 N–H and O–H groups in total. The first-order valence-corrected chi connectivity index (χ1v) is 11.8. The van der Waals surface area contributed by atoms with E-state index < -0.39 is 0 Å². The van der Waals surface area contributed by atoms with Crippen LogP contribution in [0.3, 0.4) is 0 Å². The second-order valence-electron chi connectivity index (χ2n) is 8.92. The van der Waals surface area contributed by atoms with Crippen molar-refractivity contribution in [2.24, 2.45) is 0 Å². The molecule has 0 radical (unpaired) electrons. The molecule has 1 aliphatic carbocycles. The first kappa shape index (κ1) is 21.6. The van der Waals surface area contributed by atoms with E-state index >= 15 is 0 Å². The number of benzene rings is 3. The first-order chi connectivity index (χ1) is 15.3. The Labute approximate surface area is 187 Å². The van der Waals surface area contributed by atoms with Gasteiger partial charge in [0.15, 0.2) is 0 Å². The summed E-state index contributed by atoms with van der Waals surface area (Å²) < 4.78 is 5.95. The zero-order valence-corrected chi connectivity index (χ0v) is 18.7. The Balaban J connectivity index is 1.19. The molecule has 4 rings (SSSR count). The first-order valence-electron chi connectivity index (χ1n) is 11.8. The molecule has 3 aromatic rings. The van der Waals surface area contributed by atoms with Crippen LogP contribution in [0, 0.1) is 0 Å². The molecular weight excluding hydrogens is 378 g/mol. The van der Waals surface area contributed by atoms with Crippen LogP contribution in [0.1, 0.15) is 54.7 Å². The zero-order chi connectivity index (χ0) is 21.3. The quantitative estimate of drug-likeness (QED) is 0.380. The number of hydrogen-bond donors (Lipinski definition) is 0. The van der Waals surface area contributed by atoms with Crippen LogP contribution in [0.5, 0.6) is 5.75 Å². The molecule has 0 spiro atoms. The van der Waals surface area contributed by atoms with Crippen LogP contribution in [0.25, 0.3) is 0 Å². The molecule has 0 unspecified atom stereocenters. The standard InChI is InChI=1S/C29H35NO/c1-30(22-8-13-24-9-4-2-5-10-24)28-18-14-26(15-19-28)27-16-20-29(21-17-27)31-23-25-11-6-3-7-12-25/h2-7,9-12,16-17,20-21,26,28H,8,13-15,18-19,22-23H2,1H3/t26-,28-. The minimum absolute atomic E-state index is 0.627. The van der Waals surface area contributed by atoms with Crippen molar-refractivity contribution in [3.63, 3.8) is 0 Å². The lowest BCUT2D eigenvalue weighted by molar-refractivity contribution is 0.181. The third-order valence-corrected chi connectivity index (χ3v) is 6.74. The van der Waals surface area contributed by atoms with Gasteiger partial charge in [0, 0.05) is 6.04 Å². The molecule has 2 nitrogen and oxygen atoms in total. The third-order valence-electron chi connectivity index (χ3n) is 6.74. The van der Waals surface area contributed by atoms with Crippen LogP contribution in [-0.2, 0) is 13.0 Å². The maximum atomic E-state index is 5.95. The third kappa shape index (κ3) is 6.45. The minimum Gasteiger partial charge on any atom is -0.489 e. The van der Waals surface area contributed by atoms with E-state index in [9.17, 15) is 0 Å². The van der Waals surface area contributed by atoms with Crippen LogP contribution in [0.4, 0.5) is 0 Å². The molecule has 0 heterocycles. The molecule has 2 heteroatoms. The fraction of sp³-hybridized carbons (Fsp3) is 0.379. The van der Waals surface area contributed by atoms with Crippen LogP contribution < -0.4 is 4.74 Å². The Kier molecular flexibility index (Phi) is 7.79. The molecule has 1 aliphatic rings. The van der Waals surface area contributed by atoms with Crippen LogP contribution in [-0.4, -0.2) is 24.5 Å². The predicted octanol–water partition coefficient (Wildman–Crippen LogP) is 6.86. The summed E-state index contributed by atoms with van der Waals surface area (Å²) in [4.78, 5) is 2.60. The second-order valence-corrected chi connectivity index (χ2v) is 8.92. The summed E-state index contributed by atoms with van der Waals surface area (Å²) in [5, 5.41) is 0. The Morgan fingerprint density at radius 2 is 1.35 bits per heavy atom. The van der Waals surface area contributed by atoms with E-state index in [1.807, 2.05) is 6.07 Å². The number of ether oxygens (including phenoxy) is 1. The van der Waals surface area contributed by atoms with Gasteiger partial charge in [-0.2, -0.15) is 0 Å². The average molecular weight is 414 g/mol. The summed E-state index contributed by atoms with van der Waals surface area (Å²) >= 11 is 0. The highest BCUT2D eigenvalue weighted by atomic mass is 16.5. The van der Waals surface area contributed by atoms with Gasteiger partial charge in [0.1, 0.15) is 12.4 Å². The highest BCUT2D eigenvalue weighted by molar-refractivity contribution is 5.30. The number of nitrogens with zero attached hydrogens (tertiary/aromatic N) is 1. The van der Waals surface area contributed by atoms with Gasteiger partial charge in [0.2, 0.25) is 0 Å². The van der Waals surface area contributed by atoms with Crippen molar-refractivity contribution in [3.8, 4) is 5.75 Å². The molecule has 1 saturated carbocycles. The summed E-state index contributed by atoms with van der Waals surface area (Å²) in [6.07, 6.45) is 7.61. The van der Waals surface area contributed by atoms with Crippen molar-refractivity contribution < 1.29 is 4.74 Å². The van der Waals surface area contributed by atoms with E-state index in [2.05, 4.69) is 90.8 Å². The highest BCUT2D eigenvalue weighted by Gasteiger charge is 2.24. The molecule has 1 fully saturated rings. The molecule has 0 aliphatic heterocycles. The van der Waals surface area contributed by atoms with Gasteiger partial charge in [0.25, 0.3) is 0 Å². The number of rotatable bonds is 9. The van der Waals surface area contributed by atoms with Gasteiger partial charge in [-0.15, -0.1) is 0 Å². The molecule has 0 saturated heterocycles. The van der Waals surface area contributed by atoms with E-state index in [0.717, 1.165) is 11.8 Å². The summed E-state index contributed by atoms with van der Waals surface area (Å²) in [6.45, 7) is 1.82. The molecular formula is C29H35NO. The summed E-state index contributed by atoms with van der Waals surface area (Å²) in [7, 11) is 2.31. The Hall–Kier alpha value is -2.58. The highest BCUT2D eigenvalue weighted by Crippen LogP contribution is 2.35. The molecule has 0 aromatic heterocycles. The number of aryl methyl sites for hydroxylation is 1. The normalized spacial score (nSPS) is 18.8. The van der Waals surface area contributed by atoms with E-state index in [1.54, 1.807) is 0 Å². The van der Waals surface area contributed by atoms with Crippen molar-refractivity contribution in [2.75, 3.05) is 13.6 Å². The van der Waals surface area contributed by atoms with E-state index in [-0.39, 0.29) is 0 Å². The lowest BCUT2D eigenvalue weighted by atomic mass is 9.81. The molecule has 0 atom stereocenters. The molecule has 31 heavy (non-hydrogen) atoms. The maximum Gasteiger partial charge on any atom is 0.119 e. The van der Waals surface area contributed by atoms with Crippen LogP contribution in [0.15, 0.2) is 84.9 Å². The van der Waals surface area contributed by atoms with Crippen molar-refractivity contribution in [2.45, 2.75) is 57.1 Å². The Morgan fingerprint density at radius 1 is 0.742 bits per heavy atom. The van der Waals surface area contributed by atoms with Gasteiger partial charge in [-0.1, -0.05) is 72.8 Å². The van der Waals surface area contributed by atoms with Crippen LogP contribution >= 0.6 is 0 Å². The lowest BCUT2D eigenvalue weighted by Crippen LogP contribution is -2.35. The van der Waals surface area contributed by atoms with Gasteiger partial charge in [-0.3, -0.25) is 0 Å². The average Bonchev–Trinajstić information content (AvgIpc) is 2.84. The van der Waals surface area contributed by atoms with Crippen molar-refractivity contribution >= 4 is 0 Å². The molecule has 162 valence electrons. The van der Waals surface area contributed by atoms with E-state index in [0.29, 0.717) is 12.5 Å². The number of hydrogen-bond acceptors (Lipinski definition) is 2. The van der Waals surface area contributed by atoms with Gasteiger partial charge >= 0.3 is 0 Å². The molecule has 0 amide bonds. The fourth-order valence-corrected chi connectivity index (χ4v) is 4.79. The second kappa shape index (κ2) is 11.2. The maximum absolute atomic E-state index is 5.95. The van der Waals surface area contributed by atoms with Crippen molar-refractivity contribution in [1.82, 2.24) is 4.90 Å². The van der Waals surface area contributed by atoms with Crippen molar-refractivity contribution in [3.05, 3.63) is 102 Å². The van der Waals surface area contributed by atoms with Gasteiger partial charge in [-0.25, -0.2) is 0 Å². The summed E-state index contributed by atoms with van der Waals surface area (Å²) in [6, 6.07) is 30.8. The molecule has 3 aromatic carbocycles. The van der Waals surface area contributed by atoms with Gasteiger partial charge in [-0.05, 0) is 86.9 Å². The Bertz CT molecular complexity index is 883. The lowest BCUT2D eigenvalue weighted by Gasteiger charge is -2.35. The zero-order valence-electron chi connectivity index (χ0n) is 18.7. The largest absolute Gasteiger partial charge is 0.489 e. The van der Waals surface area contributed by atoms with Crippen LogP contribution in [0.2, 0.25) is 0 Å². The monoisotopic (exact) mass is 413 g/mol. The SMILES string of the molecule is CN(CCCc1ccccc1)[C@H]1CC[C@H](c2ccc(OCc3ccccc3)cc2)CC1. The van der Waals surface area contributed by atoms with E-state index in [4.69, 9.17) is 4.74 Å². The van der Waals surface area contributed by atoms with Gasteiger partial charge < -0.3 is 9.64 Å². The smallest absolute Gasteiger partial charge is 0.119 e. The predicted molar refractivity (Wildman–Crippen MR) is 130 cm³/mol. The summed E-state index contributed by atoms with van der Waals surface area (Å²) in [5.74, 6) is 1.65. The topological polar surface area (TPSA) is 12.5 Å². The fourth-order valence-electron chi connectivity index (χ4n) is 4.79. The Morgan fingerprint density at radius 3 is 2.00 bits per heavy atom. The van der Waals surface area contributed by atoms with E-state index in [1.165, 1.54) is 61.8 Å². The van der Waals surface area contributed by atoms with Crippen molar-refractivity contribution in [1.29, 1.82) is 0 Å². The van der Waals surface area contributed by atoms with Gasteiger partial charge in [0.05, 0.1) is 0 Å².